The molecule has 1 aliphatic heterocycles. The van der Waals surface area contributed by atoms with E-state index in [0.717, 1.165) is 18.5 Å². The van der Waals surface area contributed by atoms with E-state index in [-0.39, 0.29) is 0 Å². The summed E-state index contributed by atoms with van der Waals surface area (Å²) in [7, 11) is 0. The van der Waals surface area contributed by atoms with Crippen molar-refractivity contribution in [2.45, 2.75) is 25.3 Å². The molecule has 1 N–H and O–H groups in total. The van der Waals surface area contributed by atoms with E-state index >= 15 is 0 Å². The van der Waals surface area contributed by atoms with Crippen LogP contribution in [-0.4, -0.2) is 11.5 Å². The van der Waals surface area contributed by atoms with Crippen LogP contribution in [-0.2, 0) is 0 Å². The number of hydrogen-bond donors (Lipinski definition) is 1. The van der Waals surface area contributed by atoms with E-state index < -0.39 is 0 Å². The lowest BCUT2D eigenvalue weighted by Crippen LogP contribution is -2.26. The van der Waals surface area contributed by atoms with Gasteiger partial charge in [-0.05, 0) is 31.0 Å². The van der Waals surface area contributed by atoms with Crippen molar-refractivity contribution in [1.82, 2.24) is 10.3 Å². The lowest BCUT2D eigenvalue weighted by Gasteiger charge is -2.23. The maximum absolute atomic E-state index is 8.75. The first-order chi connectivity index (χ1) is 6.90. The third kappa shape index (κ3) is 1.91. The lowest BCUT2D eigenvalue weighted by atomic mass is 9.98. The maximum atomic E-state index is 8.75. The van der Waals surface area contributed by atoms with Gasteiger partial charge in [0.25, 0.3) is 0 Å². The molecule has 0 bridgehead atoms. The van der Waals surface area contributed by atoms with Crippen LogP contribution in [0.4, 0.5) is 0 Å². The van der Waals surface area contributed by atoms with Gasteiger partial charge in [0.2, 0.25) is 0 Å². The molecule has 1 atom stereocenters. The molecule has 0 aromatic carbocycles. The SMILES string of the molecule is N#Cc1cncc([C@@H]2CCCCN2)c1. The van der Waals surface area contributed by atoms with Gasteiger partial charge in [-0.15, -0.1) is 0 Å². The third-order valence-electron chi connectivity index (χ3n) is 2.60. The van der Waals surface area contributed by atoms with Crippen molar-refractivity contribution >= 4 is 0 Å². The Morgan fingerprint density at radius 1 is 1.43 bits per heavy atom. The molecule has 1 saturated heterocycles. The van der Waals surface area contributed by atoms with Gasteiger partial charge in [0.1, 0.15) is 6.07 Å². The van der Waals surface area contributed by atoms with Crippen molar-refractivity contribution in [1.29, 1.82) is 5.26 Å². The van der Waals surface area contributed by atoms with Crippen molar-refractivity contribution in [2.24, 2.45) is 0 Å². The first kappa shape index (κ1) is 9.17. The van der Waals surface area contributed by atoms with Gasteiger partial charge in [-0.2, -0.15) is 5.26 Å². The van der Waals surface area contributed by atoms with Crippen LogP contribution in [0.15, 0.2) is 18.5 Å². The van der Waals surface area contributed by atoms with Crippen molar-refractivity contribution < 1.29 is 0 Å². The molecule has 1 fully saturated rings. The molecule has 0 spiro atoms. The summed E-state index contributed by atoms with van der Waals surface area (Å²) in [5.74, 6) is 0. The zero-order chi connectivity index (χ0) is 9.80. The Kier molecular flexibility index (Phi) is 2.76. The highest BCUT2D eigenvalue weighted by Gasteiger charge is 2.14. The molecule has 3 nitrogen and oxygen atoms in total. The normalized spacial score (nSPS) is 21.5. The summed E-state index contributed by atoms with van der Waals surface area (Å²) in [4.78, 5) is 4.07. The zero-order valence-electron chi connectivity index (χ0n) is 8.03. The largest absolute Gasteiger partial charge is 0.310 e. The smallest absolute Gasteiger partial charge is 0.101 e. The van der Waals surface area contributed by atoms with Crippen LogP contribution in [0.2, 0.25) is 0 Å². The van der Waals surface area contributed by atoms with Crippen LogP contribution in [0.1, 0.15) is 36.4 Å². The molecular formula is C11H13N3. The van der Waals surface area contributed by atoms with E-state index in [0.29, 0.717) is 11.6 Å². The van der Waals surface area contributed by atoms with Crippen LogP contribution in [0.5, 0.6) is 0 Å². The molecule has 0 radical (unpaired) electrons. The number of aromatic nitrogens is 1. The number of nitriles is 1. The number of piperidine rings is 1. The zero-order valence-corrected chi connectivity index (χ0v) is 8.03. The van der Waals surface area contributed by atoms with E-state index in [1.807, 2.05) is 12.3 Å². The van der Waals surface area contributed by atoms with Crippen LogP contribution in [0, 0.1) is 11.3 Å². The molecule has 1 aliphatic rings. The van der Waals surface area contributed by atoms with Crippen LogP contribution < -0.4 is 5.32 Å². The highest BCUT2D eigenvalue weighted by atomic mass is 14.9. The summed E-state index contributed by atoms with van der Waals surface area (Å²) in [6, 6.07) is 4.44. The molecule has 0 aliphatic carbocycles. The predicted molar refractivity (Wildman–Crippen MR) is 53.5 cm³/mol. The molecule has 2 heterocycles. The molecule has 1 aromatic rings. The second kappa shape index (κ2) is 4.21. The average molecular weight is 187 g/mol. The first-order valence-electron chi connectivity index (χ1n) is 4.98. The molecular weight excluding hydrogens is 174 g/mol. The van der Waals surface area contributed by atoms with Crippen molar-refractivity contribution in [3.63, 3.8) is 0 Å². The highest BCUT2D eigenvalue weighted by Crippen LogP contribution is 2.22. The summed E-state index contributed by atoms with van der Waals surface area (Å²) in [6.45, 7) is 1.07. The van der Waals surface area contributed by atoms with Gasteiger partial charge in [-0.25, -0.2) is 0 Å². The fourth-order valence-corrected chi connectivity index (χ4v) is 1.85. The van der Waals surface area contributed by atoms with Gasteiger partial charge in [-0.1, -0.05) is 6.42 Å². The van der Waals surface area contributed by atoms with Crippen molar-refractivity contribution in [3.8, 4) is 6.07 Å². The number of nitrogens with one attached hydrogen (secondary N) is 1. The van der Waals surface area contributed by atoms with Gasteiger partial charge in [0.15, 0.2) is 0 Å². The van der Waals surface area contributed by atoms with E-state index in [9.17, 15) is 0 Å². The molecule has 0 unspecified atom stereocenters. The maximum Gasteiger partial charge on any atom is 0.101 e. The van der Waals surface area contributed by atoms with E-state index in [1.165, 1.54) is 12.8 Å². The first-order valence-corrected chi connectivity index (χ1v) is 4.98. The van der Waals surface area contributed by atoms with Crippen LogP contribution in [0.25, 0.3) is 0 Å². The van der Waals surface area contributed by atoms with Gasteiger partial charge in [0, 0.05) is 18.4 Å². The molecule has 0 saturated carbocycles. The Morgan fingerprint density at radius 3 is 3.07 bits per heavy atom. The number of nitrogens with zero attached hydrogens (tertiary/aromatic N) is 2. The minimum Gasteiger partial charge on any atom is -0.310 e. The Bertz CT molecular complexity index is 348. The average Bonchev–Trinajstić information content (AvgIpc) is 2.30. The van der Waals surface area contributed by atoms with Crippen LogP contribution >= 0.6 is 0 Å². The lowest BCUT2D eigenvalue weighted by molar-refractivity contribution is 0.411. The summed E-state index contributed by atoms with van der Waals surface area (Å²) in [6.07, 6.45) is 7.11. The summed E-state index contributed by atoms with van der Waals surface area (Å²) in [5, 5.41) is 12.2. The molecule has 2 rings (SSSR count). The topological polar surface area (TPSA) is 48.7 Å². The van der Waals surface area contributed by atoms with E-state index in [4.69, 9.17) is 5.26 Å². The number of rotatable bonds is 1. The van der Waals surface area contributed by atoms with Crippen molar-refractivity contribution in [3.05, 3.63) is 29.6 Å². The molecule has 0 amide bonds. The molecule has 3 heteroatoms. The minimum atomic E-state index is 0.393. The quantitative estimate of drug-likeness (QED) is 0.728. The second-order valence-electron chi connectivity index (χ2n) is 3.62. The standard InChI is InChI=1S/C11H13N3/c12-6-9-5-10(8-13-7-9)11-3-1-2-4-14-11/h5,7-8,11,14H,1-4H2/t11-/m0/s1. The van der Waals surface area contributed by atoms with Crippen LogP contribution in [0.3, 0.4) is 0 Å². The van der Waals surface area contributed by atoms with Gasteiger partial charge in [-0.3, -0.25) is 4.98 Å². The predicted octanol–water partition coefficient (Wildman–Crippen LogP) is 1.77. The molecule has 72 valence electrons. The van der Waals surface area contributed by atoms with E-state index in [1.54, 1.807) is 6.20 Å². The Balaban J connectivity index is 2.18. The third-order valence-corrected chi connectivity index (χ3v) is 2.60. The monoisotopic (exact) mass is 187 g/mol. The Hall–Kier alpha value is -1.40. The van der Waals surface area contributed by atoms with Gasteiger partial charge in [0.05, 0.1) is 5.56 Å². The summed E-state index contributed by atoms with van der Waals surface area (Å²) in [5.41, 5.74) is 1.79. The van der Waals surface area contributed by atoms with Crippen molar-refractivity contribution in [2.75, 3.05) is 6.54 Å². The number of pyridine rings is 1. The summed E-state index contributed by atoms with van der Waals surface area (Å²) >= 11 is 0. The fraction of sp³-hybridized carbons (Fsp3) is 0.455. The Labute approximate surface area is 83.8 Å². The fourth-order valence-electron chi connectivity index (χ4n) is 1.85. The second-order valence-corrected chi connectivity index (χ2v) is 3.62. The van der Waals surface area contributed by atoms with Gasteiger partial charge >= 0.3 is 0 Å². The molecule has 1 aromatic heterocycles. The molecule has 14 heavy (non-hydrogen) atoms. The van der Waals surface area contributed by atoms with Gasteiger partial charge < -0.3 is 5.32 Å². The highest BCUT2D eigenvalue weighted by molar-refractivity contribution is 5.30. The summed E-state index contributed by atoms with van der Waals surface area (Å²) < 4.78 is 0. The van der Waals surface area contributed by atoms with E-state index in [2.05, 4.69) is 16.4 Å². The Morgan fingerprint density at radius 2 is 2.36 bits per heavy atom. The number of hydrogen-bond acceptors (Lipinski definition) is 3. The minimum absolute atomic E-state index is 0.393.